The fourth-order valence-electron chi connectivity index (χ4n) is 2.24. The standard InChI is InChI=1S/C20H21NO3/c1-3-24-20(23)18-11-7-8-13-21(15-19(18)16(2)22)14-12-17-9-5-4-6-10-17/h4-12,14-15H,3,13H2,1-2H3/b8-7-,14-12+,18-11+,19-15-. The third-order valence-corrected chi connectivity index (χ3v) is 3.43. The van der Waals surface area contributed by atoms with Crippen LogP contribution in [0.3, 0.4) is 0 Å². The lowest BCUT2D eigenvalue weighted by atomic mass is 10.0. The van der Waals surface area contributed by atoms with Crippen LogP contribution in [0.15, 0.2) is 72.1 Å². The molecule has 4 nitrogen and oxygen atoms in total. The first kappa shape index (κ1) is 17.5. The summed E-state index contributed by atoms with van der Waals surface area (Å²) in [6, 6.07) is 9.88. The highest BCUT2D eigenvalue weighted by atomic mass is 16.5. The molecule has 0 bridgehead atoms. The molecule has 0 unspecified atom stereocenters. The molecule has 1 aromatic rings. The molecule has 0 saturated carbocycles. The van der Waals surface area contributed by atoms with E-state index < -0.39 is 5.97 Å². The fourth-order valence-corrected chi connectivity index (χ4v) is 2.24. The number of benzene rings is 1. The van der Waals surface area contributed by atoms with Crippen LogP contribution in [0.2, 0.25) is 0 Å². The monoisotopic (exact) mass is 323 g/mol. The van der Waals surface area contributed by atoms with Crippen LogP contribution in [0, 0.1) is 0 Å². The molecule has 0 N–H and O–H groups in total. The molecule has 0 aromatic heterocycles. The van der Waals surface area contributed by atoms with Crippen molar-refractivity contribution in [2.24, 2.45) is 0 Å². The van der Waals surface area contributed by atoms with Gasteiger partial charge in [-0.05, 0) is 31.6 Å². The molecule has 1 aliphatic heterocycles. The van der Waals surface area contributed by atoms with Crippen molar-refractivity contribution in [1.82, 2.24) is 4.90 Å². The Morgan fingerprint density at radius 1 is 1.21 bits per heavy atom. The number of ketones is 1. The average Bonchev–Trinajstić information content (AvgIpc) is 2.55. The van der Waals surface area contributed by atoms with Crippen molar-refractivity contribution < 1.29 is 14.3 Å². The van der Waals surface area contributed by atoms with Gasteiger partial charge >= 0.3 is 5.97 Å². The van der Waals surface area contributed by atoms with Crippen molar-refractivity contribution in [3.63, 3.8) is 0 Å². The van der Waals surface area contributed by atoms with E-state index in [0.29, 0.717) is 12.1 Å². The lowest BCUT2D eigenvalue weighted by molar-refractivity contribution is -0.138. The van der Waals surface area contributed by atoms with Gasteiger partial charge in [0, 0.05) is 24.5 Å². The number of esters is 1. The molecular formula is C20H21NO3. The molecule has 2 rings (SSSR count). The summed E-state index contributed by atoms with van der Waals surface area (Å²) in [7, 11) is 0. The summed E-state index contributed by atoms with van der Waals surface area (Å²) in [5, 5.41) is 0. The van der Waals surface area contributed by atoms with Crippen molar-refractivity contribution >= 4 is 17.8 Å². The summed E-state index contributed by atoms with van der Waals surface area (Å²) in [5.74, 6) is -0.666. The van der Waals surface area contributed by atoms with E-state index in [4.69, 9.17) is 4.74 Å². The number of carbonyl (C=O) groups is 2. The molecule has 0 spiro atoms. The maximum Gasteiger partial charge on any atom is 0.338 e. The second-order valence-electron chi connectivity index (χ2n) is 5.25. The number of hydrogen-bond acceptors (Lipinski definition) is 4. The Balaban J connectivity index is 2.31. The number of hydrogen-bond donors (Lipinski definition) is 0. The van der Waals surface area contributed by atoms with Gasteiger partial charge in [-0.15, -0.1) is 0 Å². The number of allylic oxidation sites excluding steroid dienone is 2. The van der Waals surface area contributed by atoms with Gasteiger partial charge < -0.3 is 9.64 Å². The van der Waals surface area contributed by atoms with Crippen LogP contribution in [0.1, 0.15) is 19.4 Å². The van der Waals surface area contributed by atoms with E-state index in [0.717, 1.165) is 5.56 Å². The van der Waals surface area contributed by atoms with Gasteiger partial charge in [0.05, 0.1) is 12.2 Å². The molecule has 1 aliphatic rings. The second kappa shape index (κ2) is 8.67. The van der Waals surface area contributed by atoms with E-state index in [1.54, 1.807) is 25.3 Å². The van der Waals surface area contributed by atoms with Crippen LogP contribution in [-0.4, -0.2) is 29.8 Å². The molecular weight excluding hydrogens is 302 g/mol. The van der Waals surface area contributed by atoms with Crippen LogP contribution in [0.25, 0.3) is 6.08 Å². The SMILES string of the molecule is CCOC(=O)C1=C/C=C\CN(/C=C/c2ccccc2)/C=C\1C(C)=O. The van der Waals surface area contributed by atoms with Crippen molar-refractivity contribution in [2.45, 2.75) is 13.8 Å². The van der Waals surface area contributed by atoms with E-state index in [9.17, 15) is 9.59 Å². The van der Waals surface area contributed by atoms with Gasteiger partial charge in [0.1, 0.15) is 0 Å². The van der Waals surface area contributed by atoms with E-state index in [2.05, 4.69) is 0 Å². The zero-order chi connectivity index (χ0) is 17.4. The quantitative estimate of drug-likeness (QED) is 0.778. The van der Waals surface area contributed by atoms with E-state index in [1.165, 1.54) is 6.92 Å². The van der Waals surface area contributed by atoms with Crippen LogP contribution >= 0.6 is 0 Å². The van der Waals surface area contributed by atoms with Crippen molar-refractivity contribution in [2.75, 3.05) is 13.2 Å². The van der Waals surface area contributed by atoms with Gasteiger partial charge in [0.25, 0.3) is 0 Å². The molecule has 0 saturated heterocycles. The first-order valence-corrected chi connectivity index (χ1v) is 7.88. The fraction of sp³-hybridized carbons (Fsp3) is 0.200. The maximum atomic E-state index is 12.1. The Morgan fingerprint density at radius 2 is 1.96 bits per heavy atom. The highest BCUT2D eigenvalue weighted by Crippen LogP contribution is 2.17. The molecule has 0 aliphatic carbocycles. The Bertz CT molecular complexity index is 712. The number of Topliss-reactive ketones (excluding diaryl/α,β-unsaturated/α-hetero) is 1. The van der Waals surface area contributed by atoms with Crippen LogP contribution in [-0.2, 0) is 14.3 Å². The normalized spacial score (nSPS) is 20.3. The molecule has 124 valence electrons. The third kappa shape index (κ3) is 4.81. The number of nitrogens with zero attached hydrogens (tertiary/aromatic N) is 1. The zero-order valence-corrected chi connectivity index (χ0v) is 13.9. The third-order valence-electron chi connectivity index (χ3n) is 3.43. The van der Waals surface area contributed by atoms with Gasteiger partial charge in [0.2, 0.25) is 0 Å². The van der Waals surface area contributed by atoms with Crippen molar-refractivity contribution in [3.05, 3.63) is 77.7 Å². The Hall–Kier alpha value is -2.88. The average molecular weight is 323 g/mol. The zero-order valence-electron chi connectivity index (χ0n) is 13.9. The van der Waals surface area contributed by atoms with Crippen LogP contribution in [0.5, 0.6) is 0 Å². The molecule has 0 atom stereocenters. The minimum absolute atomic E-state index is 0.178. The van der Waals surface area contributed by atoms with Crippen molar-refractivity contribution in [1.29, 1.82) is 0 Å². The van der Waals surface area contributed by atoms with Crippen LogP contribution < -0.4 is 0 Å². The van der Waals surface area contributed by atoms with Gasteiger partial charge in [-0.3, -0.25) is 4.79 Å². The Kier molecular flexibility index (Phi) is 6.32. The van der Waals surface area contributed by atoms with Crippen molar-refractivity contribution in [3.8, 4) is 0 Å². The number of ether oxygens (including phenoxy) is 1. The molecule has 0 fully saturated rings. The minimum atomic E-state index is -0.488. The summed E-state index contributed by atoms with van der Waals surface area (Å²) in [4.78, 5) is 26.0. The molecule has 1 heterocycles. The first-order chi connectivity index (χ1) is 11.6. The molecule has 0 radical (unpaired) electrons. The van der Waals surface area contributed by atoms with Gasteiger partial charge in [0.15, 0.2) is 5.78 Å². The van der Waals surface area contributed by atoms with E-state index >= 15 is 0 Å². The van der Waals surface area contributed by atoms with E-state index in [1.807, 2.05) is 53.6 Å². The van der Waals surface area contributed by atoms with Gasteiger partial charge in [-0.25, -0.2) is 4.79 Å². The topological polar surface area (TPSA) is 46.6 Å². The molecule has 24 heavy (non-hydrogen) atoms. The highest BCUT2D eigenvalue weighted by Gasteiger charge is 2.20. The molecule has 0 amide bonds. The molecule has 4 heteroatoms. The molecule has 1 aromatic carbocycles. The predicted octanol–water partition coefficient (Wildman–Crippen LogP) is 3.49. The number of rotatable bonds is 5. The lowest BCUT2D eigenvalue weighted by Gasteiger charge is -2.18. The minimum Gasteiger partial charge on any atom is -0.462 e. The van der Waals surface area contributed by atoms with Gasteiger partial charge in [-0.1, -0.05) is 42.5 Å². The summed E-state index contributed by atoms with van der Waals surface area (Å²) in [6.07, 6.45) is 10.8. The summed E-state index contributed by atoms with van der Waals surface area (Å²) in [6.45, 7) is 4.06. The van der Waals surface area contributed by atoms with E-state index in [-0.39, 0.29) is 18.0 Å². The predicted molar refractivity (Wildman–Crippen MR) is 94.8 cm³/mol. The lowest BCUT2D eigenvalue weighted by Crippen LogP contribution is -2.19. The van der Waals surface area contributed by atoms with Crippen LogP contribution in [0.4, 0.5) is 0 Å². The Morgan fingerprint density at radius 3 is 2.62 bits per heavy atom. The van der Waals surface area contributed by atoms with Gasteiger partial charge in [-0.2, -0.15) is 0 Å². The summed E-state index contributed by atoms with van der Waals surface area (Å²) >= 11 is 0. The number of carbonyl (C=O) groups excluding carboxylic acids is 2. The highest BCUT2D eigenvalue weighted by molar-refractivity contribution is 6.09. The smallest absolute Gasteiger partial charge is 0.338 e. The second-order valence-corrected chi connectivity index (χ2v) is 5.25. The summed E-state index contributed by atoms with van der Waals surface area (Å²) in [5.41, 5.74) is 1.68. The summed E-state index contributed by atoms with van der Waals surface area (Å²) < 4.78 is 5.05. The maximum absolute atomic E-state index is 12.1. The largest absolute Gasteiger partial charge is 0.462 e. The Labute approximate surface area is 142 Å². The first-order valence-electron chi connectivity index (χ1n) is 7.88.